The van der Waals surface area contributed by atoms with Crippen molar-refractivity contribution in [1.29, 1.82) is 0 Å². The van der Waals surface area contributed by atoms with Crippen LogP contribution in [0.3, 0.4) is 0 Å². The van der Waals surface area contributed by atoms with Crippen LogP contribution in [0.1, 0.15) is 25.0 Å². The van der Waals surface area contributed by atoms with Gasteiger partial charge in [-0.1, -0.05) is 37.3 Å². The van der Waals surface area contributed by atoms with Gasteiger partial charge in [0.15, 0.2) is 0 Å². The Kier molecular flexibility index (Phi) is 3.17. The van der Waals surface area contributed by atoms with Gasteiger partial charge in [0.2, 0.25) is 0 Å². The molecule has 1 saturated heterocycles. The molecule has 1 aromatic carbocycles. The first kappa shape index (κ1) is 9.69. The predicted octanol–water partition coefficient (Wildman–Crippen LogP) is 2.13. The number of nitrogens with one attached hydrogen (secondary N) is 1. The van der Waals surface area contributed by atoms with E-state index >= 15 is 0 Å². The third-order valence-corrected chi connectivity index (χ3v) is 2.74. The summed E-state index contributed by atoms with van der Waals surface area (Å²) >= 11 is 0. The number of ether oxygens (including phenoxy) is 1. The van der Waals surface area contributed by atoms with Crippen LogP contribution in [-0.4, -0.2) is 19.2 Å². The summed E-state index contributed by atoms with van der Waals surface area (Å²) in [5.74, 6) is 0. The molecule has 0 radical (unpaired) electrons. The Balaban J connectivity index is 2.15. The second-order valence-electron chi connectivity index (χ2n) is 3.67. The maximum absolute atomic E-state index is 5.80. The summed E-state index contributed by atoms with van der Waals surface area (Å²) in [5.41, 5.74) is 1.28. The molecule has 0 aromatic heterocycles. The van der Waals surface area contributed by atoms with E-state index in [1.165, 1.54) is 5.56 Å². The molecular formula is C12H17NO. The molecule has 0 unspecified atom stereocenters. The number of rotatable bonds is 2. The lowest BCUT2D eigenvalue weighted by Gasteiger charge is -2.32. The molecule has 0 bridgehead atoms. The van der Waals surface area contributed by atoms with E-state index in [1.807, 2.05) is 6.07 Å². The normalized spacial score (nSPS) is 27.5. The summed E-state index contributed by atoms with van der Waals surface area (Å²) in [7, 11) is 0. The van der Waals surface area contributed by atoms with Crippen LogP contribution in [0.4, 0.5) is 0 Å². The van der Waals surface area contributed by atoms with Crippen molar-refractivity contribution in [2.75, 3.05) is 13.2 Å². The topological polar surface area (TPSA) is 21.3 Å². The second kappa shape index (κ2) is 4.58. The van der Waals surface area contributed by atoms with E-state index in [0.29, 0.717) is 6.04 Å². The van der Waals surface area contributed by atoms with Gasteiger partial charge in [-0.05, 0) is 12.0 Å². The molecule has 0 spiro atoms. The summed E-state index contributed by atoms with van der Waals surface area (Å²) in [4.78, 5) is 0. The van der Waals surface area contributed by atoms with Crippen LogP contribution in [0.25, 0.3) is 0 Å². The van der Waals surface area contributed by atoms with Gasteiger partial charge in [-0.25, -0.2) is 0 Å². The first-order valence-corrected chi connectivity index (χ1v) is 5.31. The van der Waals surface area contributed by atoms with E-state index in [-0.39, 0.29) is 6.10 Å². The smallest absolute Gasteiger partial charge is 0.0978 e. The molecule has 1 heterocycles. The Morgan fingerprint density at radius 1 is 1.36 bits per heavy atom. The first-order valence-electron chi connectivity index (χ1n) is 5.31. The van der Waals surface area contributed by atoms with Gasteiger partial charge in [-0.3, -0.25) is 0 Å². The Hall–Kier alpha value is -0.860. The molecule has 2 rings (SSSR count). The largest absolute Gasteiger partial charge is 0.371 e. The van der Waals surface area contributed by atoms with Crippen LogP contribution in [0, 0.1) is 0 Å². The van der Waals surface area contributed by atoms with E-state index in [4.69, 9.17) is 4.74 Å². The molecule has 1 aliphatic heterocycles. The van der Waals surface area contributed by atoms with Crippen LogP contribution < -0.4 is 5.32 Å². The minimum Gasteiger partial charge on any atom is -0.371 e. The van der Waals surface area contributed by atoms with E-state index < -0.39 is 0 Å². The molecule has 0 amide bonds. The van der Waals surface area contributed by atoms with Gasteiger partial charge >= 0.3 is 0 Å². The number of morpholine rings is 1. The average molecular weight is 191 g/mol. The van der Waals surface area contributed by atoms with Crippen molar-refractivity contribution in [3.05, 3.63) is 35.9 Å². The first-order chi connectivity index (χ1) is 6.92. The molecule has 0 saturated carbocycles. The van der Waals surface area contributed by atoms with Crippen LogP contribution in [0.2, 0.25) is 0 Å². The van der Waals surface area contributed by atoms with E-state index in [9.17, 15) is 0 Å². The maximum Gasteiger partial charge on any atom is 0.0978 e. The van der Waals surface area contributed by atoms with Gasteiger partial charge < -0.3 is 10.1 Å². The van der Waals surface area contributed by atoms with Crippen LogP contribution in [-0.2, 0) is 4.74 Å². The van der Waals surface area contributed by atoms with Crippen LogP contribution in [0.15, 0.2) is 30.3 Å². The van der Waals surface area contributed by atoms with Gasteiger partial charge in [-0.2, -0.15) is 0 Å². The van der Waals surface area contributed by atoms with Gasteiger partial charge in [0.05, 0.1) is 12.7 Å². The van der Waals surface area contributed by atoms with Crippen molar-refractivity contribution >= 4 is 0 Å². The van der Waals surface area contributed by atoms with Crippen molar-refractivity contribution < 1.29 is 4.74 Å². The highest BCUT2D eigenvalue weighted by molar-refractivity contribution is 5.19. The summed E-state index contributed by atoms with van der Waals surface area (Å²) in [5, 5.41) is 3.49. The van der Waals surface area contributed by atoms with E-state index in [0.717, 1.165) is 19.6 Å². The third kappa shape index (κ3) is 1.97. The van der Waals surface area contributed by atoms with E-state index in [2.05, 4.69) is 36.5 Å². The lowest BCUT2D eigenvalue weighted by atomic mass is 9.99. The number of hydrogen-bond donors (Lipinski definition) is 1. The molecule has 2 nitrogen and oxygen atoms in total. The van der Waals surface area contributed by atoms with Gasteiger partial charge in [0.25, 0.3) is 0 Å². The highest BCUT2D eigenvalue weighted by Gasteiger charge is 2.24. The van der Waals surface area contributed by atoms with Crippen molar-refractivity contribution in [3.63, 3.8) is 0 Å². The molecule has 2 atom stereocenters. The Labute approximate surface area is 85.3 Å². The number of hydrogen-bond acceptors (Lipinski definition) is 2. The zero-order valence-electron chi connectivity index (χ0n) is 8.57. The zero-order chi connectivity index (χ0) is 9.80. The van der Waals surface area contributed by atoms with Crippen LogP contribution >= 0.6 is 0 Å². The molecule has 1 aliphatic rings. The summed E-state index contributed by atoms with van der Waals surface area (Å²) < 4.78 is 5.80. The van der Waals surface area contributed by atoms with Crippen molar-refractivity contribution in [2.45, 2.75) is 25.5 Å². The molecule has 0 aliphatic carbocycles. The SMILES string of the molecule is CC[C@H]1NCCO[C@@H]1c1ccccc1. The fourth-order valence-electron chi connectivity index (χ4n) is 1.98. The van der Waals surface area contributed by atoms with Gasteiger partial charge in [-0.15, -0.1) is 0 Å². The second-order valence-corrected chi connectivity index (χ2v) is 3.67. The Morgan fingerprint density at radius 2 is 2.14 bits per heavy atom. The highest BCUT2D eigenvalue weighted by atomic mass is 16.5. The fraction of sp³-hybridized carbons (Fsp3) is 0.500. The van der Waals surface area contributed by atoms with Gasteiger partial charge in [0, 0.05) is 12.6 Å². The number of benzene rings is 1. The summed E-state index contributed by atoms with van der Waals surface area (Å²) in [6.45, 7) is 3.99. The quantitative estimate of drug-likeness (QED) is 0.773. The lowest BCUT2D eigenvalue weighted by Crippen LogP contribution is -2.43. The monoisotopic (exact) mass is 191 g/mol. The minimum absolute atomic E-state index is 0.231. The molecule has 1 fully saturated rings. The fourth-order valence-corrected chi connectivity index (χ4v) is 1.98. The lowest BCUT2D eigenvalue weighted by molar-refractivity contribution is -0.00641. The standard InChI is InChI=1S/C12H17NO/c1-2-11-12(14-9-8-13-11)10-6-4-3-5-7-10/h3-7,11-13H,2,8-9H2,1H3/t11-,12-/m1/s1. The van der Waals surface area contributed by atoms with Crippen molar-refractivity contribution in [1.82, 2.24) is 5.32 Å². The Bertz CT molecular complexity index is 273. The van der Waals surface area contributed by atoms with Crippen molar-refractivity contribution in [3.8, 4) is 0 Å². The summed E-state index contributed by atoms with van der Waals surface area (Å²) in [6.07, 6.45) is 1.34. The molecule has 1 aromatic rings. The van der Waals surface area contributed by atoms with Gasteiger partial charge in [0.1, 0.15) is 0 Å². The minimum atomic E-state index is 0.231. The molecular weight excluding hydrogens is 174 g/mol. The van der Waals surface area contributed by atoms with Crippen LogP contribution in [0.5, 0.6) is 0 Å². The third-order valence-electron chi connectivity index (χ3n) is 2.74. The summed E-state index contributed by atoms with van der Waals surface area (Å²) in [6, 6.07) is 10.9. The van der Waals surface area contributed by atoms with E-state index in [1.54, 1.807) is 0 Å². The highest BCUT2D eigenvalue weighted by Crippen LogP contribution is 2.24. The Morgan fingerprint density at radius 3 is 2.86 bits per heavy atom. The molecule has 76 valence electrons. The maximum atomic E-state index is 5.80. The zero-order valence-corrected chi connectivity index (χ0v) is 8.57. The molecule has 14 heavy (non-hydrogen) atoms. The molecule has 1 N–H and O–H groups in total. The predicted molar refractivity (Wildman–Crippen MR) is 57.2 cm³/mol. The van der Waals surface area contributed by atoms with Crippen molar-refractivity contribution in [2.24, 2.45) is 0 Å². The average Bonchev–Trinajstić information content (AvgIpc) is 2.30. The molecule has 2 heteroatoms.